The Labute approximate surface area is 145 Å². The Kier molecular flexibility index (Phi) is 3.71. The van der Waals surface area contributed by atoms with E-state index in [1.165, 1.54) is 19.1 Å². The van der Waals surface area contributed by atoms with Crippen molar-refractivity contribution in [1.82, 2.24) is 0 Å². The van der Waals surface area contributed by atoms with Crippen molar-refractivity contribution >= 4 is 11.8 Å². The summed E-state index contributed by atoms with van der Waals surface area (Å²) in [6.45, 7) is 4.76. The molecule has 0 aromatic carbocycles. The number of Topliss-reactive ketones (excluding diaryl/α,β-unsaturated/α-hetero) is 1. The predicted molar refractivity (Wildman–Crippen MR) is 92.2 cm³/mol. The molecule has 3 saturated carbocycles. The highest BCUT2D eigenvalue weighted by molar-refractivity contribution is 5.82. The topological polar surface area (TPSA) is 43.4 Å². The fourth-order valence-corrected chi connectivity index (χ4v) is 7.01. The molecule has 0 bridgehead atoms. The van der Waals surface area contributed by atoms with Crippen LogP contribution < -0.4 is 0 Å². The van der Waals surface area contributed by atoms with Crippen molar-refractivity contribution in [2.45, 2.75) is 65.2 Å². The van der Waals surface area contributed by atoms with Gasteiger partial charge in [-0.3, -0.25) is 9.59 Å². The first-order valence-electron chi connectivity index (χ1n) is 9.69. The summed E-state index contributed by atoms with van der Waals surface area (Å²) in [4.78, 5) is 24.2. The normalized spacial score (nSPS) is 47.3. The molecule has 3 nitrogen and oxygen atoms in total. The molecule has 4 aliphatic rings. The van der Waals surface area contributed by atoms with E-state index in [0.29, 0.717) is 30.0 Å². The average Bonchev–Trinajstić information content (AvgIpc) is 2.92. The van der Waals surface area contributed by atoms with Gasteiger partial charge in [0.05, 0.1) is 13.0 Å². The van der Waals surface area contributed by atoms with E-state index >= 15 is 0 Å². The van der Waals surface area contributed by atoms with Crippen LogP contribution in [0.2, 0.25) is 0 Å². The standard InChI is InChI=1S/C21H30O3/c1-20-10-8-14(22)12-13(20)4-5-15-16-6-7-18(19(23)24-3)21(16,2)11-9-17(15)20/h4,15-18H,5-12H2,1-3H3/t15-,16-,17-,18?,20-,21-/m0/s1. The maximum Gasteiger partial charge on any atom is 0.309 e. The number of carbonyl (C=O) groups is 2. The fourth-order valence-electron chi connectivity index (χ4n) is 7.01. The van der Waals surface area contributed by atoms with E-state index in [9.17, 15) is 9.59 Å². The molecule has 0 aromatic rings. The second kappa shape index (κ2) is 5.44. The summed E-state index contributed by atoms with van der Waals surface area (Å²) in [6, 6.07) is 0. The number of hydrogen-bond acceptors (Lipinski definition) is 3. The number of fused-ring (bicyclic) bond motifs is 5. The first-order chi connectivity index (χ1) is 11.4. The first kappa shape index (κ1) is 16.4. The van der Waals surface area contributed by atoms with Crippen LogP contribution in [0.15, 0.2) is 11.6 Å². The van der Waals surface area contributed by atoms with Crippen LogP contribution in [0.25, 0.3) is 0 Å². The molecule has 4 rings (SSSR count). The van der Waals surface area contributed by atoms with Gasteiger partial charge in [0.2, 0.25) is 0 Å². The average molecular weight is 330 g/mol. The van der Waals surface area contributed by atoms with Gasteiger partial charge in [0.15, 0.2) is 0 Å². The lowest BCUT2D eigenvalue weighted by Crippen LogP contribution is -2.50. The van der Waals surface area contributed by atoms with Gasteiger partial charge in [0, 0.05) is 12.8 Å². The molecule has 0 radical (unpaired) electrons. The smallest absolute Gasteiger partial charge is 0.309 e. The largest absolute Gasteiger partial charge is 0.469 e. The van der Waals surface area contributed by atoms with Crippen LogP contribution in [0.3, 0.4) is 0 Å². The maximum absolute atomic E-state index is 12.3. The van der Waals surface area contributed by atoms with Gasteiger partial charge in [-0.05, 0) is 67.1 Å². The predicted octanol–water partition coefficient (Wildman–Crippen LogP) is 4.31. The zero-order chi connectivity index (χ0) is 17.1. The molecular formula is C21H30O3. The zero-order valence-electron chi connectivity index (χ0n) is 15.3. The monoisotopic (exact) mass is 330 g/mol. The van der Waals surface area contributed by atoms with Gasteiger partial charge in [-0.1, -0.05) is 25.5 Å². The number of allylic oxidation sites excluding steroid dienone is 2. The van der Waals surface area contributed by atoms with Crippen molar-refractivity contribution in [2.75, 3.05) is 7.11 Å². The molecule has 0 N–H and O–H groups in total. The Morgan fingerprint density at radius 3 is 2.71 bits per heavy atom. The summed E-state index contributed by atoms with van der Waals surface area (Å²) in [7, 11) is 1.53. The minimum absolute atomic E-state index is 0.0000321. The third-order valence-corrected chi connectivity index (χ3v) is 8.42. The molecule has 24 heavy (non-hydrogen) atoms. The quantitative estimate of drug-likeness (QED) is 0.531. The highest BCUT2D eigenvalue weighted by Gasteiger charge is 2.60. The number of carbonyl (C=O) groups excluding carboxylic acids is 2. The van der Waals surface area contributed by atoms with Crippen LogP contribution in [-0.4, -0.2) is 18.9 Å². The second-order valence-corrected chi connectivity index (χ2v) is 9.17. The van der Waals surface area contributed by atoms with Gasteiger partial charge in [0.1, 0.15) is 5.78 Å². The van der Waals surface area contributed by atoms with Crippen molar-refractivity contribution in [2.24, 2.45) is 34.5 Å². The van der Waals surface area contributed by atoms with Gasteiger partial charge in [-0.25, -0.2) is 0 Å². The molecular weight excluding hydrogens is 300 g/mol. The van der Waals surface area contributed by atoms with Crippen LogP contribution in [0.5, 0.6) is 0 Å². The van der Waals surface area contributed by atoms with Crippen molar-refractivity contribution in [3.8, 4) is 0 Å². The van der Waals surface area contributed by atoms with E-state index in [2.05, 4.69) is 19.9 Å². The zero-order valence-corrected chi connectivity index (χ0v) is 15.3. The summed E-state index contributed by atoms with van der Waals surface area (Å²) in [6.07, 6.45) is 10.5. The first-order valence-corrected chi connectivity index (χ1v) is 9.69. The number of hydrogen-bond donors (Lipinski definition) is 0. The van der Waals surface area contributed by atoms with Crippen molar-refractivity contribution in [1.29, 1.82) is 0 Å². The van der Waals surface area contributed by atoms with Gasteiger partial charge in [-0.2, -0.15) is 0 Å². The lowest BCUT2D eigenvalue weighted by molar-refractivity contribution is -0.152. The summed E-state index contributed by atoms with van der Waals surface area (Å²) in [5.41, 5.74) is 1.76. The Morgan fingerprint density at radius 1 is 1.17 bits per heavy atom. The Hall–Kier alpha value is -1.12. The Morgan fingerprint density at radius 2 is 1.96 bits per heavy atom. The number of ether oxygens (including phenoxy) is 1. The molecule has 6 atom stereocenters. The van der Waals surface area contributed by atoms with E-state index in [-0.39, 0.29) is 22.7 Å². The molecule has 0 saturated heterocycles. The highest BCUT2D eigenvalue weighted by atomic mass is 16.5. The van der Waals surface area contributed by atoms with Crippen molar-refractivity contribution in [3.63, 3.8) is 0 Å². The number of esters is 1. The number of ketones is 1. The summed E-state index contributed by atoms with van der Waals surface area (Å²) in [5.74, 6) is 2.51. The molecule has 3 fully saturated rings. The molecule has 1 unspecified atom stereocenters. The SMILES string of the molecule is COC(=O)C1CC[C@H]2[C@@H]3CC=C4CC(=O)CC[C@]4(C)[C@H]3CC[C@]12C. The van der Waals surface area contributed by atoms with Crippen LogP contribution in [0.4, 0.5) is 0 Å². The number of methoxy groups -OCH3 is 1. The van der Waals surface area contributed by atoms with E-state index in [0.717, 1.165) is 38.5 Å². The van der Waals surface area contributed by atoms with Crippen LogP contribution in [-0.2, 0) is 14.3 Å². The van der Waals surface area contributed by atoms with E-state index in [1.807, 2.05) is 0 Å². The molecule has 0 spiro atoms. The molecule has 0 amide bonds. The molecule has 0 aliphatic heterocycles. The molecule has 3 heteroatoms. The van der Waals surface area contributed by atoms with Gasteiger partial charge in [0.25, 0.3) is 0 Å². The number of rotatable bonds is 1. The second-order valence-electron chi connectivity index (χ2n) is 9.17. The lowest BCUT2D eigenvalue weighted by Gasteiger charge is -2.57. The summed E-state index contributed by atoms with van der Waals surface area (Å²) < 4.78 is 5.11. The maximum atomic E-state index is 12.3. The minimum Gasteiger partial charge on any atom is -0.469 e. The van der Waals surface area contributed by atoms with Crippen LogP contribution in [0, 0.1) is 34.5 Å². The Bertz CT molecular complexity index is 606. The summed E-state index contributed by atoms with van der Waals surface area (Å²) >= 11 is 0. The lowest BCUT2D eigenvalue weighted by atomic mass is 9.47. The van der Waals surface area contributed by atoms with Gasteiger partial charge < -0.3 is 4.74 Å². The fraction of sp³-hybridized carbons (Fsp3) is 0.810. The molecule has 132 valence electrons. The summed E-state index contributed by atoms with van der Waals surface area (Å²) in [5, 5.41) is 0. The third-order valence-electron chi connectivity index (χ3n) is 8.42. The molecule has 0 aromatic heterocycles. The van der Waals surface area contributed by atoms with E-state index in [4.69, 9.17) is 4.74 Å². The van der Waals surface area contributed by atoms with Gasteiger partial charge in [-0.15, -0.1) is 0 Å². The van der Waals surface area contributed by atoms with Crippen molar-refractivity contribution in [3.05, 3.63) is 11.6 Å². The molecule has 4 aliphatic carbocycles. The molecule has 0 heterocycles. The van der Waals surface area contributed by atoms with E-state index < -0.39 is 0 Å². The van der Waals surface area contributed by atoms with Crippen LogP contribution >= 0.6 is 0 Å². The van der Waals surface area contributed by atoms with Gasteiger partial charge >= 0.3 is 5.97 Å². The third kappa shape index (κ3) is 2.09. The van der Waals surface area contributed by atoms with Crippen LogP contribution in [0.1, 0.15) is 65.2 Å². The van der Waals surface area contributed by atoms with Crippen molar-refractivity contribution < 1.29 is 14.3 Å². The Balaban J connectivity index is 1.65. The minimum atomic E-state index is -0.0000321. The highest BCUT2D eigenvalue weighted by Crippen LogP contribution is 2.66. The van der Waals surface area contributed by atoms with E-state index in [1.54, 1.807) is 0 Å².